The Morgan fingerprint density at radius 3 is 1.68 bits per heavy atom. The Balaban J connectivity index is 0.000000929. The first kappa shape index (κ1) is 29.7. The van der Waals surface area contributed by atoms with E-state index in [2.05, 4.69) is 0 Å². The van der Waals surface area contributed by atoms with Crippen LogP contribution in [0.3, 0.4) is 0 Å². The zero-order valence-corrected chi connectivity index (χ0v) is 25.2. The van der Waals surface area contributed by atoms with Crippen molar-refractivity contribution < 1.29 is 14.2 Å². The molecule has 0 amide bonds. The van der Waals surface area contributed by atoms with Crippen LogP contribution >= 0.6 is 7.37 Å². The fraction of sp³-hybridized carbons (Fsp3) is 0.167. The van der Waals surface area contributed by atoms with Crippen LogP contribution in [0.15, 0.2) is 121 Å². The SMILES string of the molecule is CC.CC.Cc1ccc(C(c2ccc(N)cc2)(c2ccc(O)cc2)P2(=O)Oc3ccccc3-c3ccccc32)cc1. The highest BCUT2D eigenvalue weighted by molar-refractivity contribution is 7.69. The standard InChI is InChI=1S/C32H26NO3P.2C2H6/c1-22-10-12-23(13-11-22)32(24-14-18-26(33)19-15-24,25-16-20-27(34)21-17-25)37(35)31-9-5-3-7-29(31)28-6-2-4-8-30(28)36-37;2*1-2/h2-21,34H,33H2,1H3;2*1-2H3. The van der Waals surface area contributed by atoms with Gasteiger partial charge in [-0.25, -0.2) is 0 Å². The van der Waals surface area contributed by atoms with Crippen molar-refractivity contribution in [1.82, 2.24) is 0 Å². The molecule has 0 spiro atoms. The number of hydrogen-bond donors (Lipinski definition) is 2. The fourth-order valence-corrected chi connectivity index (χ4v) is 8.69. The Morgan fingerprint density at radius 1 is 0.634 bits per heavy atom. The van der Waals surface area contributed by atoms with E-state index in [1.165, 1.54) is 0 Å². The minimum atomic E-state index is -3.81. The molecule has 0 aromatic heterocycles. The minimum absolute atomic E-state index is 0.132. The van der Waals surface area contributed by atoms with Gasteiger partial charge < -0.3 is 15.4 Å². The summed E-state index contributed by atoms with van der Waals surface area (Å²) in [5, 5.41) is 9.60. The number of fused-ring (bicyclic) bond motifs is 3. The molecule has 1 aliphatic rings. The van der Waals surface area contributed by atoms with Crippen molar-refractivity contribution in [1.29, 1.82) is 0 Å². The first-order chi connectivity index (χ1) is 19.9. The van der Waals surface area contributed by atoms with E-state index in [1.807, 2.05) is 144 Å². The molecule has 5 heteroatoms. The Labute approximate surface area is 243 Å². The molecule has 0 bridgehead atoms. The van der Waals surface area contributed by atoms with E-state index < -0.39 is 12.5 Å². The molecule has 0 fully saturated rings. The van der Waals surface area contributed by atoms with Crippen LogP contribution in [0.4, 0.5) is 5.69 Å². The van der Waals surface area contributed by atoms with Crippen LogP contribution in [0, 0.1) is 6.92 Å². The average molecular weight is 564 g/mol. The van der Waals surface area contributed by atoms with Crippen LogP contribution in [0.5, 0.6) is 11.5 Å². The predicted octanol–water partition coefficient (Wildman–Crippen LogP) is 9.29. The van der Waals surface area contributed by atoms with Crippen molar-refractivity contribution >= 4 is 18.4 Å². The van der Waals surface area contributed by atoms with Crippen molar-refractivity contribution in [2.75, 3.05) is 5.73 Å². The smallest absolute Gasteiger partial charge is 0.296 e. The number of nitrogen functional groups attached to an aromatic ring is 1. The van der Waals surface area contributed by atoms with Crippen molar-refractivity contribution in [3.8, 4) is 22.6 Å². The lowest BCUT2D eigenvalue weighted by atomic mass is 9.83. The van der Waals surface area contributed by atoms with Crippen LogP contribution in [0.25, 0.3) is 11.1 Å². The van der Waals surface area contributed by atoms with E-state index in [-0.39, 0.29) is 5.75 Å². The molecular formula is C36H38NO3P. The summed E-state index contributed by atoms with van der Waals surface area (Å²) in [6.07, 6.45) is 0. The van der Waals surface area contributed by atoms with Crippen LogP contribution in [0.2, 0.25) is 0 Å². The Hall–Kier alpha value is -4.27. The van der Waals surface area contributed by atoms with Gasteiger partial charge in [0.1, 0.15) is 16.7 Å². The number of phenolic OH excluding ortho intramolecular Hbond substituents is 1. The summed E-state index contributed by atoms with van der Waals surface area (Å²) in [6.45, 7) is 10.0. The van der Waals surface area contributed by atoms with E-state index in [1.54, 1.807) is 12.1 Å². The van der Waals surface area contributed by atoms with Crippen LogP contribution in [-0.2, 0) is 9.72 Å². The molecule has 0 aliphatic carbocycles. The van der Waals surface area contributed by atoms with Crippen molar-refractivity contribution in [3.63, 3.8) is 0 Å². The Kier molecular flexibility index (Phi) is 9.05. The van der Waals surface area contributed by atoms with Gasteiger partial charge >= 0.3 is 0 Å². The third kappa shape index (κ3) is 5.05. The number of aryl methyl sites for hydroxylation is 1. The normalized spacial score (nSPS) is 16.2. The zero-order chi connectivity index (χ0) is 29.6. The third-order valence-electron chi connectivity index (χ3n) is 7.15. The molecule has 4 nitrogen and oxygen atoms in total. The van der Waals surface area contributed by atoms with Crippen LogP contribution in [0.1, 0.15) is 49.9 Å². The zero-order valence-electron chi connectivity index (χ0n) is 24.3. The number of aromatic hydroxyl groups is 1. The van der Waals surface area contributed by atoms with E-state index in [9.17, 15) is 5.11 Å². The predicted molar refractivity (Wildman–Crippen MR) is 172 cm³/mol. The maximum Gasteiger partial charge on any atom is 0.296 e. The highest BCUT2D eigenvalue weighted by atomic mass is 31.2. The van der Waals surface area contributed by atoms with Gasteiger partial charge in [0, 0.05) is 11.3 Å². The topological polar surface area (TPSA) is 72.5 Å². The quantitative estimate of drug-likeness (QED) is 0.130. The minimum Gasteiger partial charge on any atom is -0.508 e. The second kappa shape index (κ2) is 12.5. The molecule has 0 saturated carbocycles. The van der Waals surface area contributed by atoms with Gasteiger partial charge in [-0.1, -0.05) is 118 Å². The van der Waals surface area contributed by atoms with Gasteiger partial charge in [-0.05, 0) is 65.6 Å². The molecular weight excluding hydrogens is 525 g/mol. The summed E-state index contributed by atoms with van der Waals surface area (Å²) in [4.78, 5) is 0. The third-order valence-corrected chi connectivity index (χ3v) is 10.3. The molecule has 3 N–H and O–H groups in total. The number of para-hydroxylation sites is 1. The molecule has 1 aliphatic heterocycles. The molecule has 1 heterocycles. The Bertz CT molecular complexity index is 1530. The summed E-state index contributed by atoms with van der Waals surface area (Å²) < 4.78 is 22.7. The van der Waals surface area contributed by atoms with Gasteiger partial charge in [-0.15, -0.1) is 0 Å². The van der Waals surface area contributed by atoms with E-state index in [0.29, 0.717) is 16.7 Å². The lowest BCUT2D eigenvalue weighted by molar-refractivity contribution is 0.466. The number of phenols is 1. The molecule has 210 valence electrons. The maximum absolute atomic E-state index is 16.0. The van der Waals surface area contributed by atoms with Crippen molar-refractivity contribution in [2.45, 2.75) is 39.8 Å². The molecule has 41 heavy (non-hydrogen) atoms. The largest absolute Gasteiger partial charge is 0.508 e. The number of anilines is 1. The van der Waals surface area contributed by atoms with Gasteiger partial charge in [0.15, 0.2) is 0 Å². The van der Waals surface area contributed by atoms with E-state index >= 15 is 4.57 Å². The van der Waals surface area contributed by atoms with Crippen LogP contribution < -0.4 is 15.6 Å². The number of hydrogen-bond acceptors (Lipinski definition) is 4. The summed E-state index contributed by atoms with van der Waals surface area (Å²) in [5.41, 5.74) is 12.0. The first-order valence-corrected chi connectivity index (χ1v) is 15.8. The van der Waals surface area contributed by atoms with Gasteiger partial charge in [-0.3, -0.25) is 4.57 Å². The van der Waals surface area contributed by atoms with Crippen molar-refractivity contribution in [3.05, 3.63) is 144 Å². The second-order valence-electron chi connectivity index (χ2n) is 9.40. The lowest BCUT2D eigenvalue weighted by Gasteiger charge is -2.44. The molecule has 2 atom stereocenters. The molecule has 5 aromatic rings. The highest BCUT2D eigenvalue weighted by Gasteiger charge is 2.57. The van der Waals surface area contributed by atoms with E-state index in [0.717, 1.165) is 33.4 Å². The van der Waals surface area contributed by atoms with Gasteiger partial charge in [-0.2, -0.15) is 0 Å². The maximum atomic E-state index is 16.0. The average Bonchev–Trinajstić information content (AvgIpc) is 3.02. The second-order valence-corrected chi connectivity index (χ2v) is 11.8. The number of nitrogens with two attached hydrogens (primary N) is 1. The van der Waals surface area contributed by atoms with Crippen LogP contribution in [-0.4, -0.2) is 5.11 Å². The molecule has 0 saturated heterocycles. The summed E-state index contributed by atoms with van der Waals surface area (Å²) in [6, 6.07) is 38.0. The lowest BCUT2D eigenvalue weighted by Crippen LogP contribution is -2.38. The molecule has 6 rings (SSSR count). The molecule has 2 unspecified atom stereocenters. The van der Waals surface area contributed by atoms with Gasteiger partial charge in [0.05, 0.1) is 5.30 Å². The summed E-state index contributed by atoms with van der Waals surface area (Å²) >= 11 is 0. The monoisotopic (exact) mass is 563 g/mol. The summed E-state index contributed by atoms with van der Waals surface area (Å²) in [5.74, 6) is 0.711. The van der Waals surface area contributed by atoms with Gasteiger partial charge in [0.25, 0.3) is 7.37 Å². The molecule has 5 aromatic carbocycles. The number of benzene rings is 5. The molecule has 0 radical (unpaired) electrons. The number of rotatable bonds is 4. The Morgan fingerprint density at radius 2 is 1.10 bits per heavy atom. The van der Waals surface area contributed by atoms with E-state index in [4.69, 9.17) is 10.3 Å². The van der Waals surface area contributed by atoms with Crippen molar-refractivity contribution in [2.24, 2.45) is 0 Å². The highest BCUT2D eigenvalue weighted by Crippen LogP contribution is 2.71. The fourth-order valence-electron chi connectivity index (χ4n) is 5.40. The summed E-state index contributed by atoms with van der Waals surface area (Å²) in [7, 11) is -3.81. The first-order valence-electron chi connectivity index (χ1n) is 14.1. The van der Waals surface area contributed by atoms with Gasteiger partial charge in [0.2, 0.25) is 0 Å².